The first-order valence-electron chi connectivity index (χ1n) is 14.5. The molecule has 0 aliphatic heterocycles. The number of allylic oxidation sites excluding steroid dienone is 2. The Labute approximate surface area is 251 Å². The maximum absolute atomic E-state index is 13.9. The van der Waals surface area contributed by atoms with Crippen LogP contribution in [0, 0.1) is 13.8 Å². The third-order valence-electron chi connectivity index (χ3n) is 8.00. The topological polar surface area (TPSA) is 37.2 Å². The van der Waals surface area contributed by atoms with Crippen molar-refractivity contribution in [3.05, 3.63) is 112 Å². The Balaban J connectivity index is 0.00000405. The number of rotatable bonds is 10. The lowest BCUT2D eigenvalue weighted by Crippen LogP contribution is -2.14. The van der Waals surface area contributed by atoms with Gasteiger partial charge in [-0.3, -0.25) is 0 Å². The first-order valence-corrected chi connectivity index (χ1v) is 15.0. The molecule has 222 valence electrons. The van der Waals surface area contributed by atoms with Crippen LogP contribution in [0.2, 0.25) is 0 Å². The van der Waals surface area contributed by atoms with Crippen molar-refractivity contribution in [2.75, 3.05) is 5.32 Å². The van der Waals surface area contributed by atoms with Gasteiger partial charge in [0.25, 0.3) is 5.66 Å². The highest BCUT2D eigenvalue weighted by atomic mass is 31.0. The van der Waals surface area contributed by atoms with Crippen LogP contribution in [0.25, 0.3) is 22.7 Å². The summed E-state index contributed by atoms with van der Waals surface area (Å²) in [6.07, 6.45) is 9.52. The minimum absolute atomic E-state index is 0. The number of benzene rings is 3. The van der Waals surface area contributed by atoms with E-state index in [1.165, 1.54) is 35.3 Å². The summed E-state index contributed by atoms with van der Waals surface area (Å²) < 4.78 is 29.9. The monoisotopic (exact) mass is 588 g/mol. The Morgan fingerprint density at radius 2 is 1.81 bits per heavy atom. The summed E-state index contributed by atoms with van der Waals surface area (Å²) in [7, 11) is 1.61. The zero-order chi connectivity index (χ0) is 29.1. The Morgan fingerprint density at radius 1 is 1.07 bits per heavy atom. The highest BCUT2D eigenvalue weighted by Gasteiger charge is 2.24. The second-order valence-corrected chi connectivity index (χ2v) is 11.9. The summed E-state index contributed by atoms with van der Waals surface area (Å²) in [5.74, 6) is 0. The van der Waals surface area contributed by atoms with Gasteiger partial charge in [-0.1, -0.05) is 65.9 Å². The summed E-state index contributed by atoms with van der Waals surface area (Å²) >= 11 is 0. The van der Waals surface area contributed by atoms with Gasteiger partial charge in [0, 0.05) is 40.1 Å². The molecule has 0 saturated heterocycles. The van der Waals surface area contributed by atoms with E-state index in [4.69, 9.17) is 0 Å². The summed E-state index contributed by atoms with van der Waals surface area (Å²) in [5, 5.41) is 15.4. The van der Waals surface area contributed by atoms with Crippen LogP contribution in [-0.4, -0.2) is 15.8 Å². The number of fused-ring (bicyclic) bond motifs is 1. The SMILES string of the molecule is C.CCCC(O)Cc1c(C)cccc1NC(/C=C/c1cc2cc(C)ccc2n1-c1ccc(C(F)(F)P)cc1)=C1CCC1. The van der Waals surface area contributed by atoms with Crippen molar-refractivity contribution in [2.24, 2.45) is 0 Å². The second-order valence-electron chi connectivity index (χ2n) is 11.2. The molecule has 1 aliphatic carbocycles. The van der Waals surface area contributed by atoms with E-state index in [-0.39, 0.29) is 19.1 Å². The van der Waals surface area contributed by atoms with E-state index in [9.17, 15) is 13.9 Å². The fourth-order valence-electron chi connectivity index (χ4n) is 5.55. The van der Waals surface area contributed by atoms with Crippen LogP contribution in [0.15, 0.2) is 84.1 Å². The molecule has 0 amide bonds. The van der Waals surface area contributed by atoms with Gasteiger partial charge < -0.3 is 15.0 Å². The third-order valence-corrected chi connectivity index (χ3v) is 8.33. The number of aryl methyl sites for hydroxylation is 2. The number of hydrogen-bond acceptors (Lipinski definition) is 2. The number of halogens is 2. The van der Waals surface area contributed by atoms with E-state index in [1.54, 1.807) is 21.4 Å². The van der Waals surface area contributed by atoms with Gasteiger partial charge in [0.15, 0.2) is 0 Å². The van der Waals surface area contributed by atoms with Crippen LogP contribution in [0.3, 0.4) is 0 Å². The maximum atomic E-state index is 13.9. The van der Waals surface area contributed by atoms with Crippen molar-refractivity contribution in [3.8, 4) is 5.69 Å². The fourth-order valence-corrected chi connectivity index (χ4v) is 5.74. The molecule has 1 saturated carbocycles. The van der Waals surface area contributed by atoms with Gasteiger partial charge in [-0.2, -0.15) is 8.78 Å². The van der Waals surface area contributed by atoms with Gasteiger partial charge in [0.2, 0.25) is 0 Å². The van der Waals surface area contributed by atoms with Crippen LogP contribution in [0.4, 0.5) is 14.5 Å². The molecule has 1 fully saturated rings. The number of nitrogens with zero attached hydrogens (tertiary/aromatic N) is 1. The molecule has 3 nitrogen and oxygen atoms in total. The highest BCUT2D eigenvalue weighted by Crippen LogP contribution is 2.36. The molecule has 2 atom stereocenters. The number of aliphatic hydroxyl groups excluding tert-OH is 1. The molecule has 0 bridgehead atoms. The molecule has 2 N–H and O–H groups in total. The smallest absolute Gasteiger partial charge is 0.283 e. The average Bonchev–Trinajstić information content (AvgIpc) is 3.25. The van der Waals surface area contributed by atoms with E-state index in [0.29, 0.717) is 6.42 Å². The first kappa shape index (κ1) is 31.7. The van der Waals surface area contributed by atoms with Crippen molar-refractivity contribution in [1.82, 2.24) is 4.57 Å². The number of aliphatic hydroxyl groups is 1. The van der Waals surface area contributed by atoms with Crippen molar-refractivity contribution in [2.45, 2.75) is 78.5 Å². The molecule has 3 aromatic carbocycles. The summed E-state index contributed by atoms with van der Waals surface area (Å²) in [5.41, 5.74) is 6.81. The van der Waals surface area contributed by atoms with Crippen LogP contribution in [0.1, 0.15) is 74.4 Å². The predicted octanol–water partition coefficient (Wildman–Crippen LogP) is 10.1. The molecule has 6 heteroatoms. The molecule has 5 rings (SSSR count). The summed E-state index contributed by atoms with van der Waals surface area (Å²) in [6, 6.07) is 21.2. The van der Waals surface area contributed by atoms with E-state index in [2.05, 4.69) is 85.3 Å². The molecule has 42 heavy (non-hydrogen) atoms. The molecule has 1 aliphatic rings. The predicted molar refractivity (Wildman–Crippen MR) is 178 cm³/mol. The van der Waals surface area contributed by atoms with E-state index >= 15 is 0 Å². The molecule has 0 radical (unpaired) electrons. The largest absolute Gasteiger partial charge is 0.393 e. The van der Waals surface area contributed by atoms with Crippen molar-refractivity contribution < 1.29 is 13.9 Å². The normalized spacial score (nSPS) is 14.1. The molecule has 1 heterocycles. The van der Waals surface area contributed by atoms with Crippen LogP contribution >= 0.6 is 9.24 Å². The van der Waals surface area contributed by atoms with E-state index in [0.717, 1.165) is 64.9 Å². The van der Waals surface area contributed by atoms with Gasteiger partial charge in [-0.05, 0) is 105 Å². The van der Waals surface area contributed by atoms with E-state index < -0.39 is 5.66 Å². The lowest BCUT2D eigenvalue weighted by Gasteiger charge is -2.24. The second kappa shape index (κ2) is 13.4. The van der Waals surface area contributed by atoms with Gasteiger partial charge in [0.05, 0.1) is 11.6 Å². The number of nitrogens with one attached hydrogen (secondary N) is 1. The Hall–Kier alpha value is -3.27. The van der Waals surface area contributed by atoms with Crippen molar-refractivity contribution >= 4 is 31.9 Å². The Kier molecular flexibility index (Phi) is 10.1. The van der Waals surface area contributed by atoms with Crippen LogP contribution in [0.5, 0.6) is 0 Å². The van der Waals surface area contributed by atoms with Crippen molar-refractivity contribution in [1.29, 1.82) is 0 Å². The summed E-state index contributed by atoms with van der Waals surface area (Å²) in [6.45, 7) is 6.27. The molecule has 1 aromatic heterocycles. The van der Waals surface area contributed by atoms with Crippen LogP contribution < -0.4 is 5.32 Å². The molecular formula is C36H43F2N2OP. The van der Waals surface area contributed by atoms with Gasteiger partial charge >= 0.3 is 0 Å². The summed E-state index contributed by atoms with van der Waals surface area (Å²) in [4.78, 5) is 0. The molecule has 0 spiro atoms. The van der Waals surface area contributed by atoms with Gasteiger partial charge in [-0.25, -0.2) is 0 Å². The molecule has 4 aromatic rings. The van der Waals surface area contributed by atoms with Gasteiger partial charge in [0.1, 0.15) is 0 Å². The number of aromatic nitrogens is 1. The minimum atomic E-state index is -2.96. The number of hydrogen-bond donors (Lipinski definition) is 2. The quantitative estimate of drug-likeness (QED) is 0.181. The lowest BCUT2D eigenvalue weighted by atomic mass is 9.90. The number of anilines is 1. The van der Waals surface area contributed by atoms with Gasteiger partial charge in [-0.15, -0.1) is 0 Å². The lowest BCUT2D eigenvalue weighted by molar-refractivity contribution is 0.104. The minimum Gasteiger partial charge on any atom is -0.393 e. The first-order chi connectivity index (χ1) is 19.6. The average molecular weight is 589 g/mol. The molecular weight excluding hydrogens is 545 g/mol. The number of alkyl halides is 2. The maximum Gasteiger partial charge on any atom is 0.283 e. The zero-order valence-electron chi connectivity index (χ0n) is 24.1. The van der Waals surface area contributed by atoms with Crippen molar-refractivity contribution in [3.63, 3.8) is 0 Å². The third kappa shape index (κ3) is 7.02. The fraction of sp³-hybridized carbons (Fsp3) is 0.333. The Morgan fingerprint density at radius 3 is 2.45 bits per heavy atom. The Bertz CT molecular complexity index is 1590. The van der Waals surface area contributed by atoms with E-state index in [1.807, 2.05) is 0 Å². The van der Waals surface area contributed by atoms with Crippen LogP contribution in [-0.2, 0) is 12.1 Å². The molecule has 2 unspecified atom stereocenters. The highest BCUT2D eigenvalue weighted by molar-refractivity contribution is 7.17. The standard InChI is InChI=1S/C35H39F2N2OP.CH4/c1-4-7-30(40)22-31-24(3)8-5-11-33(31)38-32(25-9-6-10-25)18-17-29-21-26-20-23(2)12-19-34(26)39(29)28-15-13-27(14-16-28)35(36,37)41;/h5,8,11-21,30,38,40H,4,6-7,9-10,22,41H2,1-3H3;1H4/b18-17+;. The zero-order valence-corrected chi connectivity index (χ0v) is 25.2.